The number of benzene rings is 1. The van der Waals surface area contributed by atoms with Gasteiger partial charge in [-0.25, -0.2) is 4.99 Å². The van der Waals surface area contributed by atoms with E-state index in [-0.39, 0.29) is 0 Å². The second-order valence-electron chi connectivity index (χ2n) is 5.99. The Labute approximate surface area is 145 Å². The van der Waals surface area contributed by atoms with Crippen molar-refractivity contribution in [1.82, 2.24) is 15.5 Å². The fourth-order valence-corrected chi connectivity index (χ4v) is 2.77. The molecule has 1 heterocycles. The molecule has 1 aromatic carbocycles. The number of aliphatic imine (C=N–C) groups is 1. The van der Waals surface area contributed by atoms with E-state index in [2.05, 4.69) is 57.6 Å². The molecule has 0 bridgehead atoms. The topological polar surface area (TPSA) is 48.9 Å². The number of morpholine rings is 1. The molecule has 5 nitrogen and oxygen atoms in total. The molecule has 0 amide bonds. The highest BCUT2D eigenvalue weighted by molar-refractivity contribution is 5.79. The Kier molecular flexibility index (Phi) is 7.60. The van der Waals surface area contributed by atoms with Crippen molar-refractivity contribution in [3.8, 4) is 12.3 Å². The van der Waals surface area contributed by atoms with Gasteiger partial charge < -0.3 is 15.4 Å². The van der Waals surface area contributed by atoms with Crippen LogP contribution in [-0.4, -0.2) is 49.7 Å². The van der Waals surface area contributed by atoms with E-state index in [1.54, 1.807) is 0 Å². The van der Waals surface area contributed by atoms with Crippen LogP contribution in [-0.2, 0) is 17.8 Å². The van der Waals surface area contributed by atoms with Gasteiger partial charge in [-0.3, -0.25) is 4.90 Å². The van der Waals surface area contributed by atoms with Crippen molar-refractivity contribution in [2.75, 3.05) is 32.8 Å². The molecule has 5 heteroatoms. The zero-order valence-corrected chi connectivity index (χ0v) is 14.7. The highest BCUT2D eigenvalue weighted by Gasteiger charge is 2.16. The van der Waals surface area contributed by atoms with E-state index >= 15 is 0 Å². The minimum absolute atomic E-state index is 0.316. The van der Waals surface area contributed by atoms with Gasteiger partial charge in [-0.2, -0.15) is 0 Å². The van der Waals surface area contributed by atoms with Gasteiger partial charge in [0.2, 0.25) is 0 Å². The molecule has 1 aliphatic rings. The quantitative estimate of drug-likeness (QED) is 0.473. The molecule has 0 radical (unpaired) electrons. The number of hydrogen-bond acceptors (Lipinski definition) is 3. The third kappa shape index (κ3) is 6.23. The molecule has 0 spiro atoms. The summed E-state index contributed by atoms with van der Waals surface area (Å²) in [7, 11) is 0. The fourth-order valence-electron chi connectivity index (χ4n) is 2.77. The third-order valence-electron chi connectivity index (χ3n) is 3.84. The van der Waals surface area contributed by atoms with Gasteiger partial charge in [0.05, 0.1) is 25.8 Å². The van der Waals surface area contributed by atoms with Crippen LogP contribution in [0.25, 0.3) is 0 Å². The SMILES string of the molecule is C#CCNC(=NCc1cccc(CN2CCOC(C)C2)c1)NCC. The molecule has 1 fully saturated rings. The Balaban J connectivity index is 1.95. The van der Waals surface area contributed by atoms with Crippen molar-refractivity contribution in [3.63, 3.8) is 0 Å². The fraction of sp³-hybridized carbons (Fsp3) is 0.526. The van der Waals surface area contributed by atoms with Crippen LogP contribution in [0.3, 0.4) is 0 Å². The zero-order chi connectivity index (χ0) is 17.2. The van der Waals surface area contributed by atoms with Gasteiger partial charge >= 0.3 is 0 Å². The lowest BCUT2D eigenvalue weighted by atomic mass is 10.1. The number of ether oxygens (including phenoxy) is 1. The summed E-state index contributed by atoms with van der Waals surface area (Å²) in [5.74, 6) is 3.32. The van der Waals surface area contributed by atoms with Gasteiger partial charge in [0.1, 0.15) is 0 Å². The minimum atomic E-state index is 0.316. The minimum Gasteiger partial charge on any atom is -0.376 e. The monoisotopic (exact) mass is 328 g/mol. The number of nitrogens with one attached hydrogen (secondary N) is 2. The van der Waals surface area contributed by atoms with Crippen molar-refractivity contribution in [2.45, 2.75) is 33.0 Å². The van der Waals surface area contributed by atoms with E-state index < -0.39 is 0 Å². The maximum Gasteiger partial charge on any atom is 0.192 e. The largest absolute Gasteiger partial charge is 0.376 e. The van der Waals surface area contributed by atoms with Gasteiger partial charge in [-0.05, 0) is 25.0 Å². The molecule has 1 saturated heterocycles. The molecule has 0 aromatic heterocycles. The molecule has 24 heavy (non-hydrogen) atoms. The van der Waals surface area contributed by atoms with Crippen LogP contribution in [0.1, 0.15) is 25.0 Å². The Hall–Kier alpha value is -2.03. The summed E-state index contributed by atoms with van der Waals surface area (Å²) in [4.78, 5) is 7.03. The van der Waals surface area contributed by atoms with E-state index in [0.29, 0.717) is 19.2 Å². The molecular weight excluding hydrogens is 300 g/mol. The first kappa shape index (κ1) is 18.3. The second kappa shape index (κ2) is 9.96. The van der Waals surface area contributed by atoms with Crippen LogP contribution in [0.2, 0.25) is 0 Å². The van der Waals surface area contributed by atoms with Gasteiger partial charge in [0.25, 0.3) is 0 Å². The van der Waals surface area contributed by atoms with Crippen molar-refractivity contribution in [2.24, 2.45) is 4.99 Å². The molecule has 2 N–H and O–H groups in total. The van der Waals surface area contributed by atoms with E-state index in [0.717, 1.165) is 38.7 Å². The van der Waals surface area contributed by atoms with Crippen molar-refractivity contribution < 1.29 is 4.74 Å². The molecule has 1 aliphatic heterocycles. The summed E-state index contributed by atoms with van der Waals surface area (Å²) in [5, 5.41) is 6.30. The van der Waals surface area contributed by atoms with Crippen LogP contribution in [0, 0.1) is 12.3 Å². The smallest absolute Gasteiger partial charge is 0.192 e. The van der Waals surface area contributed by atoms with Gasteiger partial charge in [-0.15, -0.1) is 6.42 Å². The van der Waals surface area contributed by atoms with Gasteiger partial charge in [0, 0.05) is 26.2 Å². The average molecular weight is 328 g/mol. The molecule has 2 rings (SSSR count). The highest BCUT2D eigenvalue weighted by Crippen LogP contribution is 2.12. The predicted molar refractivity (Wildman–Crippen MR) is 98.8 cm³/mol. The molecule has 0 aliphatic carbocycles. The van der Waals surface area contributed by atoms with Crippen molar-refractivity contribution in [1.29, 1.82) is 0 Å². The van der Waals surface area contributed by atoms with Gasteiger partial charge in [-0.1, -0.05) is 30.2 Å². The molecule has 1 atom stereocenters. The Morgan fingerprint density at radius 3 is 3.00 bits per heavy atom. The van der Waals surface area contributed by atoms with E-state index in [1.165, 1.54) is 11.1 Å². The van der Waals surface area contributed by atoms with Crippen LogP contribution in [0.4, 0.5) is 0 Å². The molecule has 0 saturated carbocycles. The summed E-state index contributed by atoms with van der Waals surface area (Å²) >= 11 is 0. The number of nitrogens with zero attached hydrogens (tertiary/aromatic N) is 2. The van der Waals surface area contributed by atoms with E-state index in [9.17, 15) is 0 Å². The van der Waals surface area contributed by atoms with Crippen LogP contribution >= 0.6 is 0 Å². The van der Waals surface area contributed by atoms with E-state index in [1.807, 2.05) is 6.92 Å². The van der Waals surface area contributed by atoms with Crippen LogP contribution in [0.15, 0.2) is 29.3 Å². The lowest BCUT2D eigenvalue weighted by Crippen LogP contribution is -2.40. The molecular formula is C19H28N4O. The maximum atomic E-state index is 5.60. The zero-order valence-electron chi connectivity index (χ0n) is 14.7. The Morgan fingerprint density at radius 2 is 2.25 bits per heavy atom. The Morgan fingerprint density at radius 1 is 1.42 bits per heavy atom. The Bertz CT molecular complexity index is 579. The first-order valence-corrected chi connectivity index (χ1v) is 8.58. The summed E-state index contributed by atoms with van der Waals surface area (Å²) in [6, 6.07) is 8.62. The number of guanidine groups is 1. The lowest BCUT2D eigenvalue weighted by Gasteiger charge is -2.31. The number of terminal acetylenes is 1. The number of rotatable bonds is 6. The summed E-state index contributed by atoms with van der Waals surface area (Å²) in [6.45, 7) is 9.84. The molecule has 1 unspecified atom stereocenters. The van der Waals surface area contributed by atoms with Crippen molar-refractivity contribution in [3.05, 3.63) is 35.4 Å². The summed E-state index contributed by atoms with van der Waals surface area (Å²) < 4.78 is 5.60. The molecule has 130 valence electrons. The van der Waals surface area contributed by atoms with Crippen molar-refractivity contribution >= 4 is 5.96 Å². The maximum absolute atomic E-state index is 5.60. The predicted octanol–water partition coefficient (Wildman–Crippen LogP) is 1.60. The lowest BCUT2D eigenvalue weighted by molar-refractivity contribution is -0.0212. The average Bonchev–Trinajstić information content (AvgIpc) is 2.58. The molecule has 1 aromatic rings. The standard InChI is InChI=1S/C19H28N4O/c1-4-9-21-19(20-5-2)22-13-17-7-6-8-18(12-17)15-23-10-11-24-16(3)14-23/h1,6-8,12,16H,5,9-11,13-15H2,2-3H3,(H2,20,21,22). The first-order chi connectivity index (χ1) is 11.7. The van der Waals surface area contributed by atoms with Crippen LogP contribution < -0.4 is 10.6 Å². The first-order valence-electron chi connectivity index (χ1n) is 8.58. The summed E-state index contributed by atoms with van der Waals surface area (Å²) in [6.07, 6.45) is 5.61. The van der Waals surface area contributed by atoms with E-state index in [4.69, 9.17) is 11.2 Å². The summed E-state index contributed by atoms with van der Waals surface area (Å²) in [5.41, 5.74) is 2.52. The normalized spacial score (nSPS) is 18.9. The van der Waals surface area contributed by atoms with Gasteiger partial charge in [0.15, 0.2) is 5.96 Å². The number of hydrogen-bond donors (Lipinski definition) is 2. The third-order valence-corrected chi connectivity index (χ3v) is 3.84. The second-order valence-corrected chi connectivity index (χ2v) is 5.99. The van der Waals surface area contributed by atoms with Crippen LogP contribution in [0.5, 0.6) is 0 Å². The highest BCUT2D eigenvalue weighted by atomic mass is 16.5.